The predicted molar refractivity (Wildman–Crippen MR) is 445 cm³/mol. The fourth-order valence-electron chi connectivity index (χ4n) is 10.3. The van der Waals surface area contributed by atoms with Gasteiger partial charge in [-0.1, -0.05) is 288 Å². The van der Waals surface area contributed by atoms with Crippen LogP contribution in [0.2, 0.25) is 0 Å². The standard InChI is InChI=1S/C89H146O17P2/c1-5-9-13-17-21-25-29-33-37-40-41-44-48-52-56-60-64-68-72-76-89(94)106-85(80-100-87(92)74-70-66-62-58-54-50-47-43-39-35-31-27-23-19-15-11-7-3)82-104-108(97,98)102-78-83(90)77-101-107(95,96)103-81-84(105-88(93)75-71-67-63-59-55-51-45-36-32-28-24-20-16-12-8-4)79-99-86(91)73-69-65-61-57-53-49-46-42-38-34-30-26-22-18-14-10-6-2/h21-23,25-27,33-39,41,44-47,49-50,52,56-58,61-62,64,68,83-85,90H,5-20,24,28-32,40,42-43,48,51,53-55,59-60,63,65-67,69-82H2,1-4H3,(H,95,96)(H,97,98)/b25-21-,26-22-,27-23-,37-33-,38-34-,39-35-,44-41-,45-36-,49-46-,50-47-,56-52-,61-57-,62-58-,68-64-/t83-,84+,85+/m0/s1. The third-order valence-corrected chi connectivity index (χ3v) is 18.5. The lowest BCUT2D eigenvalue weighted by Gasteiger charge is -2.21. The Morgan fingerprint density at radius 2 is 0.481 bits per heavy atom. The molecule has 0 aromatic heterocycles. The van der Waals surface area contributed by atoms with Crippen molar-refractivity contribution in [3.05, 3.63) is 170 Å². The van der Waals surface area contributed by atoms with E-state index in [0.29, 0.717) is 44.9 Å². The molecule has 614 valence electrons. The molecule has 3 N–H and O–H groups in total. The summed E-state index contributed by atoms with van der Waals surface area (Å²) in [5, 5.41) is 10.7. The molecule has 2 unspecified atom stereocenters. The summed E-state index contributed by atoms with van der Waals surface area (Å²) in [6, 6.07) is 0. The zero-order valence-corrected chi connectivity index (χ0v) is 69.0. The van der Waals surface area contributed by atoms with Gasteiger partial charge >= 0.3 is 39.5 Å². The maximum absolute atomic E-state index is 13.1. The first-order chi connectivity index (χ1) is 52.7. The molecule has 0 bridgehead atoms. The van der Waals surface area contributed by atoms with Crippen molar-refractivity contribution in [2.45, 2.75) is 329 Å². The Kier molecular flexibility index (Phi) is 75.4. The fourth-order valence-corrected chi connectivity index (χ4v) is 11.9. The van der Waals surface area contributed by atoms with Crippen LogP contribution in [-0.2, 0) is 65.4 Å². The molecule has 0 aliphatic carbocycles. The van der Waals surface area contributed by atoms with Crippen LogP contribution in [-0.4, -0.2) is 96.7 Å². The first-order valence-electron chi connectivity index (χ1n) is 41.4. The molecule has 0 amide bonds. The van der Waals surface area contributed by atoms with Gasteiger partial charge in [0.15, 0.2) is 12.2 Å². The maximum atomic E-state index is 13.1. The smallest absolute Gasteiger partial charge is 0.462 e. The SMILES string of the molecule is CCCCC/C=C\C/C=C\C/C=C\C/C=C\C/C=C\CCC(=O)O[C@H](COC(=O)CCC/C=C\C/C=C\C/C=C\C/C=C\CCCCC)COP(=O)(O)OC[C@@H](O)COP(=O)(O)OC[C@@H](COC(=O)CCC/C=C\C/C=C\C/C=C\C/C=C\CCCCC)OC(=O)CCCCCCC/C=C\CCCCCCCC. The van der Waals surface area contributed by atoms with E-state index in [-0.39, 0.29) is 25.7 Å². The van der Waals surface area contributed by atoms with E-state index in [1.807, 2.05) is 42.5 Å². The van der Waals surface area contributed by atoms with E-state index < -0.39 is 97.5 Å². The van der Waals surface area contributed by atoms with E-state index >= 15 is 0 Å². The van der Waals surface area contributed by atoms with E-state index in [9.17, 15) is 43.2 Å². The Labute approximate surface area is 654 Å². The summed E-state index contributed by atoms with van der Waals surface area (Å²) in [6.07, 6.45) is 95.0. The molecule has 5 atom stereocenters. The highest BCUT2D eigenvalue weighted by molar-refractivity contribution is 7.47. The zero-order valence-electron chi connectivity index (χ0n) is 67.2. The summed E-state index contributed by atoms with van der Waals surface area (Å²) in [6.45, 7) is 4.56. The van der Waals surface area contributed by atoms with Gasteiger partial charge in [-0.15, -0.1) is 0 Å². The minimum Gasteiger partial charge on any atom is -0.462 e. The summed E-state index contributed by atoms with van der Waals surface area (Å²) < 4.78 is 68.5. The molecule has 17 nitrogen and oxygen atoms in total. The van der Waals surface area contributed by atoms with E-state index in [2.05, 4.69) is 155 Å². The molecule has 0 aliphatic rings. The molecule has 0 saturated carbocycles. The van der Waals surface area contributed by atoms with Gasteiger partial charge in [-0.2, -0.15) is 0 Å². The van der Waals surface area contributed by atoms with Gasteiger partial charge in [-0.3, -0.25) is 37.3 Å². The predicted octanol–water partition coefficient (Wildman–Crippen LogP) is 24.6. The molecular weight excluding hydrogens is 1400 g/mol. The van der Waals surface area contributed by atoms with Gasteiger partial charge in [0.1, 0.15) is 19.3 Å². The number of carbonyl (C=O) groups is 4. The summed E-state index contributed by atoms with van der Waals surface area (Å²) in [4.78, 5) is 73.1. The number of hydrogen-bond acceptors (Lipinski definition) is 15. The van der Waals surface area contributed by atoms with Crippen LogP contribution in [0.15, 0.2) is 170 Å². The van der Waals surface area contributed by atoms with E-state index in [1.54, 1.807) is 0 Å². The van der Waals surface area contributed by atoms with Crippen molar-refractivity contribution in [1.82, 2.24) is 0 Å². The Hall–Kier alpha value is -5.58. The number of hydrogen-bond donors (Lipinski definition) is 3. The molecule has 0 heterocycles. The van der Waals surface area contributed by atoms with E-state index in [4.69, 9.17) is 37.0 Å². The van der Waals surface area contributed by atoms with Gasteiger partial charge in [0.2, 0.25) is 0 Å². The van der Waals surface area contributed by atoms with Gasteiger partial charge in [-0.25, -0.2) is 9.13 Å². The van der Waals surface area contributed by atoms with Crippen molar-refractivity contribution in [2.75, 3.05) is 39.6 Å². The largest absolute Gasteiger partial charge is 0.472 e. The topological polar surface area (TPSA) is 237 Å². The summed E-state index contributed by atoms with van der Waals surface area (Å²) in [5.41, 5.74) is 0. The van der Waals surface area contributed by atoms with Crippen LogP contribution in [0.1, 0.15) is 310 Å². The molecule has 0 aromatic carbocycles. The minimum atomic E-state index is -5.02. The average Bonchev–Trinajstić information content (AvgIpc) is 0.907. The second-order valence-electron chi connectivity index (χ2n) is 27.0. The van der Waals surface area contributed by atoms with Crippen molar-refractivity contribution in [3.63, 3.8) is 0 Å². The minimum absolute atomic E-state index is 0.0474. The molecule has 0 radical (unpaired) electrons. The van der Waals surface area contributed by atoms with Crippen molar-refractivity contribution >= 4 is 39.5 Å². The lowest BCUT2D eigenvalue weighted by atomic mass is 10.1. The van der Waals surface area contributed by atoms with Crippen LogP contribution < -0.4 is 0 Å². The monoisotopic (exact) mass is 1550 g/mol. The van der Waals surface area contributed by atoms with Crippen molar-refractivity contribution < 1.29 is 80.2 Å². The normalized spacial score (nSPS) is 14.7. The van der Waals surface area contributed by atoms with Crippen LogP contribution in [0.3, 0.4) is 0 Å². The summed E-state index contributed by atoms with van der Waals surface area (Å²) in [7, 11) is -10.0. The van der Waals surface area contributed by atoms with Crippen molar-refractivity contribution in [3.8, 4) is 0 Å². The van der Waals surface area contributed by atoms with Gasteiger partial charge in [0.25, 0.3) is 0 Å². The fraction of sp³-hybridized carbons (Fsp3) is 0.640. The number of esters is 4. The third kappa shape index (κ3) is 78.5. The number of allylic oxidation sites excluding steroid dienone is 28. The Morgan fingerprint density at radius 3 is 0.806 bits per heavy atom. The molecule has 0 spiro atoms. The highest BCUT2D eigenvalue weighted by atomic mass is 31.2. The molecule has 0 rings (SSSR count). The number of phosphoric acid groups is 2. The van der Waals surface area contributed by atoms with Crippen LogP contribution in [0, 0.1) is 0 Å². The second-order valence-corrected chi connectivity index (χ2v) is 29.9. The molecule has 0 aromatic rings. The lowest BCUT2D eigenvalue weighted by Crippen LogP contribution is -2.30. The molecule has 19 heteroatoms. The summed E-state index contributed by atoms with van der Waals surface area (Å²) in [5.74, 6) is -2.42. The Balaban J connectivity index is 5.56. The molecule has 0 fully saturated rings. The first kappa shape index (κ1) is 102. The van der Waals surface area contributed by atoms with E-state index in [1.165, 1.54) is 96.3 Å². The number of carbonyl (C=O) groups excluding carboxylic acids is 4. The number of aliphatic hydroxyl groups excluding tert-OH is 1. The molecule has 0 aliphatic heterocycles. The van der Waals surface area contributed by atoms with Crippen LogP contribution in [0.25, 0.3) is 0 Å². The number of phosphoric ester groups is 2. The van der Waals surface area contributed by atoms with Crippen LogP contribution in [0.5, 0.6) is 0 Å². The number of rotatable bonds is 76. The Morgan fingerprint density at radius 1 is 0.259 bits per heavy atom. The highest BCUT2D eigenvalue weighted by Gasteiger charge is 2.30. The lowest BCUT2D eigenvalue weighted by molar-refractivity contribution is -0.161. The molecular formula is C89H146O17P2. The zero-order chi connectivity index (χ0) is 78.9. The van der Waals surface area contributed by atoms with Gasteiger partial charge < -0.3 is 33.8 Å². The average molecular weight is 1550 g/mol. The number of ether oxygens (including phenoxy) is 4. The van der Waals surface area contributed by atoms with Crippen molar-refractivity contribution in [2.24, 2.45) is 0 Å². The molecule has 108 heavy (non-hydrogen) atoms. The quantitative estimate of drug-likeness (QED) is 0.0169. The Bertz CT molecular complexity index is 2710. The van der Waals surface area contributed by atoms with Crippen LogP contribution >= 0.6 is 15.6 Å². The van der Waals surface area contributed by atoms with Gasteiger partial charge in [-0.05, 0) is 167 Å². The maximum Gasteiger partial charge on any atom is 0.472 e. The second kappa shape index (κ2) is 79.5. The van der Waals surface area contributed by atoms with Crippen LogP contribution in [0.4, 0.5) is 0 Å². The van der Waals surface area contributed by atoms with Gasteiger partial charge in [0, 0.05) is 25.7 Å². The first-order valence-corrected chi connectivity index (χ1v) is 44.4. The number of aliphatic hydroxyl groups is 1. The number of unbranched alkanes of at least 4 members (excludes halogenated alkanes) is 22. The third-order valence-electron chi connectivity index (χ3n) is 16.6. The van der Waals surface area contributed by atoms with E-state index in [0.717, 1.165) is 116 Å². The van der Waals surface area contributed by atoms with Gasteiger partial charge in [0.05, 0.1) is 26.4 Å². The molecule has 0 saturated heterocycles. The summed E-state index contributed by atoms with van der Waals surface area (Å²) >= 11 is 0. The highest BCUT2D eigenvalue weighted by Crippen LogP contribution is 2.45. The van der Waals surface area contributed by atoms with Crippen molar-refractivity contribution in [1.29, 1.82) is 0 Å².